The van der Waals surface area contributed by atoms with Crippen LogP contribution in [-0.2, 0) is 32.0 Å². The third kappa shape index (κ3) is 4.32. The number of halogens is 4. The van der Waals surface area contributed by atoms with Crippen LogP contribution in [0.2, 0.25) is 5.02 Å². The number of rotatable bonds is 5. The SMILES string of the molecule is CCc1cccc(CC)c1-n1nc2c(c1-c1ccc(Cl)c3[nH]cnc13)CN(c1ncc(C(F)(F)F)cn1)CC2. The third-order valence-corrected chi connectivity index (χ3v) is 7.56. The predicted octanol–water partition coefficient (Wildman–Crippen LogP) is 6.57. The molecule has 200 valence electrons. The van der Waals surface area contributed by atoms with Gasteiger partial charge in [0.05, 0.1) is 45.0 Å². The number of nitrogens with zero attached hydrogens (tertiary/aromatic N) is 6. The van der Waals surface area contributed by atoms with E-state index in [-0.39, 0.29) is 5.95 Å². The van der Waals surface area contributed by atoms with Gasteiger partial charge in [-0.15, -0.1) is 0 Å². The number of nitrogens with one attached hydrogen (secondary N) is 1. The Labute approximate surface area is 227 Å². The first-order chi connectivity index (χ1) is 18.8. The van der Waals surface area contributed by atoms with E-state index >= 15 is 0 Å². The molecule has 0 aliphatic carbocycles. The highest BCUT2D eigenvalue weighted by atomic mass is 35.5. The van der Waals surface area contributed by atoms with E-state index in [1.165, 1.54) is 11.1 Å². The fourth-order valence-corrected chi connectivity index (χ4v) is 5.50. The van der Waals surface area contributed by atoms with E-state index in [1.54, 1.807) is 6.33 Å². The van der Waals surface area contributed by atoms with E-state index in [0.29, 0.717) is 24.5 Å². The number of para-hydroxylation sites is 1. The van der Waals surface area contributed by atoms with E-state index in [4.69, 9.17) is 16.7 Å². The van der Waals surface area contributed by atoms with Crippen molar-refractivity contribution in [3.05, 3.63) is 82.0 Å². The van der Waals surface area contributed by atoms with Crippen molar-refractivity contribution in [1.82, 2.24) is 29.7 Å². The number of anilines is 1. The van der Waals surface area contributed by atoms with Gasteiger partial charge in [0, 0.05) is 43.0 Å². The minimum atomic E-state index is -4.49. The van der Waals surface area contributed by atoms with Gasteiger partial charge in [0.2, 0.25) is 5.95 Å². The lowest BCUT2D eigenvalue weighted by Gasteiger charge is -2.27. The van der Waals surface area contributed by atoms with E-state index < -0.39 is 11.7 Å². The van der Waals surface area contributed by atoms with Crippen LogP contribution in [-0.4, -0.2) is 36.3 Å². The summed E-state index contributed by atoms with van der Waals surface area (Å²) in [6.45, 7) is 5.17. The van der Waals surface area contributed by atoms with Gasteiger partial charge in [-0.05, 0) is 36.1 Å². The van der Waals surface area contributed by atoms with Gasteiger partial charge >= 0.3 is 6.18 Å². The number of alkyl halides is 3. The Kier molecular flexibility index (Phi) is 6.29. The molecule has 2 aromatic carbocycles. The molecule has 1 aliphatic heterocycles. The van der Waals surface area contributed by atoms with Crippen LogP contribution in [0, 0.1) is 0 Å². The maximum Gasteiger partial charge on any atom is 0.419 e. The Morgan fingerprint density at radius 3 is 2.38 bits per heavy atom. The Morgan fingerprint density at radius 1 is 1.00 bits per heavy atom. The van der Waals surface area contributed by atoms with Gasteiger partial charge in [-0.1, -0.05) is 43.6 Å². The molecule has 6 rings (SSSR count). The number of benzene rings is 2. The maximum atomic E-state index is 13.1. The zero-order chi connectivity index (χ0) is 27.3. The average molecular weight is 552 g/mol. The highest BCUT2D eigenvalue weighted by Crippen LogP contribution is 2.39. The van der Waals surface area contributed by atoms with Gasteiger partial charge in [0.15, 0.2) is 0 Å². The highest BCUT2D eigenvalue weighted by Gasteiger charge is 2.33. The Morgan fingerprint density at radius 2 is 1.72 bits per heavy atom. The predicted molar refractivity (Wildman–Crippen MR) is 144 cm³/mol. The molecule has 0 radical (unpaired) electrons. The minimum absolute atomic E-state index is 0.247. The zero-order valence-corrected chi connectivity index (χ0v) is 22.1. The minimum Gasteiger partial charge on any atom is -0.343 e. The molecule has 0 bridgehead atoms. The van der Waals surface area contributed by atoms with Gasteiger partial charge in [-0.25, -0.2) is 19.6 Å². The second kappa shape index (κ2) is 9.68. The van der Waals surface area contributed by atoms with Crippen molar-refractivity contribution < 1.29 is 13.2 Å². The van der Waals surface area contributed by atoms with Crippen LogP contribution >= 0.6 is 11.6 Å². The van der Waals surface area contributed by atoms with Crippen molar-refractivity contribution in [3.63, 3.8) is 0 Å². The summed E-state index contributed by atoms with van der Waals surface area (Å²) in [7, 11) is 0. The normalized spacial score (nSPS) is 13.7. The first kappa shape index (κ1) is 25.4. The number of hydrogen-bond acceptors (Lipinski definition) is 5. The number of aromatic amines is 1. The van der Waals surface area contributed by atoms with Crippen molar-refractivity contribution in [2.75, 3.05) is 11.4 Å². The average Bonchev–Trinajstić information content (AvgIpc) is 3.58. The molecule has 0 atom stereocenters. The monoisotopic (exact) mass is 551 g/mol. The van der Waals surface area contributed by atoms with Crippen molar-refractivity contribution in [1.29, 1.82) is 0 Å². The lowest BCUT2D eigenvalue weighted by molar-refractivity contribution is -0.138. The number of aromatic nitrogens is 6. The van der Waals surface area contributed by atoms with Crippen LogP contribution in [0.3, 0.4) is 0 Å². The quantitative estimate of drug-likeness (QED) is 0.267. The standard InChI is InChI=1S/C28H25ClF3N7/c1-3-16-6-5-7-17(4-2)25(16)39-26(19-8-9-21(29)24-23(19)35-15-36-24)20-14-38(11-10-22(20)37-39)27-33-12-18(13-34-27)28(30,31)32/h5-9,12-13,15H,3-4,10-11,14H2,1-2H3,(H,35,36). The molecule has 0 amide bonds. The molecule has 1 aliphatic rings. The Balaban J connectivity index is 1.55. The van der Waals surface area contributed by atoms with Gasteiger partial charge in [0.1, 0.15) is 0 Å². The molecule has 7 nitrogen and oxygen atoms in total. The highest BCUT2D eigenvalue weighted by molar-refractivity contribution is 6.35. The zero-order valence-electron chi connectivity index (χ0n) is 21.3. The lowest BCUT2D eigenvalue weighted by Crippen LogP contribution is -2.31. The van der Waals surface area contributed by atoms with Crippen LogP contribution in [0.15, 0.2) is 49.1 Å². The number of H-pyrrole nitrogens is 1. The molecule has 3 aromatic heterocycles. The third-order valence-electron chi connectivity index (χ3n) is 7.24. The maximum absolute atomic E-state index is 13.1. The summed E-state index contributed by atoms with van der Waals surface area (Å²) < 4.78 is 41.3. The fourth-order valence-electron chi connectivity index (χ4n) is 5.29. The summed E-state index contributed by atoms with van der Waals surface area (Å²) in [5.74, 6) is 0.247. The molecule has 0 saturated heterocycles. The topological polar surface area (TPSA) is 75.5 Å². The number of hydrogen-bond donors (Lipinski definition) is 1. The lowest BCUT2D eigenvalue weighted by atomic mass is 9.98. The van der Waals surface area contributed by atoms with E-state index in [0.717, 1.165) is 64.5 Å². The van der Waals surface area contributed by atoms with Crippen LogP contribution in [0.5, 0.6) is 0 Å². The van der Waals surface area contributed by atoms with Crippen LogP contribution in [0.1, 0.15) is 41.8 Å². The van der Waals surface area contributed by atoms with Crippen molar-refractivity contribution in [2.45, 2.75) is 45.8 Å². The number of imidazole rings is 1. The molecule has 4 heterocycles. The van der Waals surface area contributed by atoms with Crippen molar-refractivity contribution in [3.8, 4) is 16.9 Å². The molecule has 5 aromatic rings. The molecule has 11 heteroatoms. The van der Waals surface area contributed by atoms with E-state index in [2.05, 4.69) is 52.0 Å². The van der Waals surface area contributed by atoms with Crippen LogP contribution < -0.4 is 4.90 Å². The molecular formula is C28H25ClF3N7. The first-order valence-electron chi connectivity index (χ1n) is 12.8. The summed E-state index contributed by atoms with van der Waals surface area (Å²) >= 11 is 6.48. The summed E-state index contributed by atoms with van der Waals surface area (Å²) in [6, 6.07) is 10.1. The summed E-state index contributed by atoms with van der Waals surface area (Å²) in [5, 5.41) is 5.70. The Hall–Kier alpha value is -3.92. The molecule has 0 fully saturated rings. The Bertz CT molecular complexity index is 1650. The number of aryl methyl sites for hydroxylation is 2. The molecule has 39 heavy (non-hydrogen) atoms. The molecule has 0 unspecified atom stereocenters. The summed E-state index contributed by atoms with van der Waals surface area (Å²) in [5.41, 5.74) is 7.61. The second-order valence-electron chi connectivity index (χ2n) is 9.48. The van der Waals surface area contributed by atoms with Crippen LogP contribution in [0.4, 0.5) is 19.1 Å². The molecule has 0 spiro atoms. The van der Waals surface area contributed by atoms with Gasteiger partial charge in [-0.3, -0.25) is 0 Å². The summed E-state index contributed by atoms with van der Waals surface area (Å²) in [6.07, 6.45) is 1.04. The first-order valence-corrected chi connectivity index (χ1v) is 13.2. The van der Waals surface area contributed by atoms with Gasteiger partial charge in [-0.2, -0.15) is 18.3 Å². The fraction of sp³-hybridized carbons (Fsp3) is 0.286. The smallest absolute Gasteiger partial charge is 0.343 e. The van der Waals surface area contributed by atoms with Gasteiger partial charge in [0.25, 0.3) is 0 Å². The molecular weight excluding hydrogens is 527 g/mol. The summed E-state index contributed by atoms with van der Waals surface area (Å²) in [4.78, 5) is 17.7. The molecule has 1 N–H and O–H groups in total. The van der Waals surface area contributed by atoms with Gasteiger partial charge < -0.3 is 9.88 Å². The largest absolute Gasteiger partial charge is 0.419 e. The van der Waals surface area contributed by atoms with Crippen molar-refractivity contribution in [2.24, 2.45) is 0 Å². The van der Waals surface area contributed by atoms with E-state index in [1.807, 2.05) is 21.7 Å². The number of fused-ring (bicyclic) bond motifs is 2. The van der Waals surface area contributed by atoms with Crippen molar-refractivity contribution >= 4 is 28.6 Å². The van der Waals surface area contributed by atoms with E-state index in [9.17, 15) is 13.2 Å². The second-order valence-corrected chi connectivity index (χ2v) is 9.89. The van der Waals surface area contributed by atoms with Crippen LogP contribution in [0.25, 0.3) is 28.0 Å². The molecule has 0 saturated carbocycles.